The molecule has 0 spiro atoms. The summed E-state index contributed by atoms with van der Waals surface area (Å²) in [7, 11) is 3.31. The van der Waals surface area contributed by atoms with Crippen molar-refractivity contribution in [2.75, 3.05) is 5.43 Å². The minimum absolute atomic E-state index is 0.0861. The summed E-state index contributed by atoms with van der Waals surface area (Å²) in [6.07, 6.45) is 1.85. The molecule has 0 fully saturated rings. The lowest BCUT2D eigenvalue weighted by Gasteiger charge is -2.09. The van der Waals surface area contributed by atoms with Gasteiger partial charge in [0.1, 0.15) is 0 Å². The predicted molar refractivity (Wildman–Crippen MR) is 112 cm³/mol. The van der Waals surface area contributed by atoms with E-state index < -0.39 is 11.2 Å². The topological polar surface area (TPSA) is 86.2 Å². The molecule has 0 aliphatic carbocycles. The van der Waals surface area contributed by atoms with Crippen molar-refractivity contribution >= 4 is 34.4 Å². The van der Waals surface area contributed by atoms with E-state index in [9.17, 15) is 9.59 Å². The zero-order valence-corrected chi connectivity index (χ0v) is 17.1. The van der Waals surface area contributed by atoms with Gasteiger partial charge in [-0.15, -0.1) is 0 Å². The van der Waals surface area contributed by atoms with Crippen LogP contribution < -0.4 is 16.7 Å². The molecule has 0 amide bonds. The van der Waals surface area contributed by atoms with Crippen molar-refractivity contribution in [2.24, 2.45) is 19.2 Å². The highest BCUT2D eigenvalue weighted by atomic mass is 35.5. The van der Waals surface area contributed by atoms with Gasteiger partial charge in [0.15, 0.2) is 11.2 Å². The number of aryl methyl sites for hydroxylation is 2. The number of nitrogens with zero attached hydrogens (tertiary/aromatic N) is 5. The number of anilines is 1. The second kappa shape index (κ2) is 8.02. The Labute approximate surface area is 167 Å². The SMILES string of the molecule is CCC/C(C)=N/Nc1nc2c(c(=O)n(Cc3ccccc3Cl)c(=O)n2C)n1C. The van der Waals surface area contributed by atoms with E-state index in [4.69, 9.17) is 11.6 Å². The molecular weight excluding hydrogens is 380 g/mol. The molecule has 1 aromatic carbocycles. The molecule has 0 aliphatic rings. The number of rotatable bonds is 6. The normalized spacial score (nSPS) is 12.0. The first-order valence-electron chi connectivity index (χ1n) is 9.04. The van der Waals surface area contributed by atoms with Crippen LogP contribution in [0.4, 0.5) is 5.95 Å². The van der Waals surface area contributed by atoms with Crippen LogP contribution in [0.5, 0.6) is 0 Å². The van der Waals surface area contributed by atoms with Gasteiger partial charge in [0.2, 0.25) is 5.95 Å². The van der Waals surface area contributed by atoms with Gasteiger partial charge >= 0.3 is 5.69 Å². The van der Waals surface area contributed by atoms with Crippen LogP contribution >= 0.6 is 11.6 Å². The molecule has 28 heavy (non-hydrogen) atoms. The second-order valence-corrected chi connectivity index (χ2v) is 7.11. The van der Waals surface area contributed by atoms with E-state index in [1.165, 1.54) is 9.13 Å². The Morgan fingerprint density at radius 3 is 2.61 bits per heavy atom. The highest BCUT2D eigenvalue weighted by molar-refractivity contribution is 6.31. The fourth-order valence-corrected chi connectivity index (χ4v) is 3.24. The molecule has 0 saturated heterocycles. The zero-order valence-electron chi connectivity index (χ0n) is 16.4. The maximum Gasteiger partial charge on any atom is 0.332 e. The van der Waals surface area contributed by atoms with Gasteiger partial charge in [0.05, 0.1) is 6.54 Å². The lowest BCUT2D eigenvalue weighted by molar-refractivity contribution is 0.655. The molecule has 0 radical (unpaired) electrons. The molecule has 148 valence electrons. The fourth-order valence-electron chi connectivity index (χ4n) is 3.04. The Morgan fingerprint density at radius 2 is 1.93 bits per heavy atom. The summed E-state index contributed by atoms with van der Waals surface area (Å²) in [6, 6.07) is 7.14. The standard InChI is InChI=1S/C19H23ClN6O2/c1-5-8-12(2)22-23-18-21-16-15(24(18)3)17(27)26(19(28)25(16)4)11-13-9-6-7-10-14(13)20/h6-7,9-10H,5,8,11H2,1-4H3,(H,21,23)/b22-12+. The minimum Gasteiger partial charge on any atom is -0.306 e. The Kier molecular flexibility index (Phi) is 5.69. The van der Waals surface area contributed by atoms with Crippen molar-refractivity contribution < 1.29 is 0 Å². The monoisotopic (exact) mass is 402 g/mol. The van der Waals surface area contributed by atoms with Crippen molar-refractivity contribution in [3.63, 3.8) is 0 Å². The van der Waals surface area contributed by atoms with Gasteiger partial charge in [0, 0.05) is 24.8 Å². The van der Waals surface area contributed by atoms with Crippen LogP contribution in [0.15, 0.2) is 39.0 Å². The molecular formula is C19H23ClN6O2. The maximum atomic E-state index is 13.1. The quantitative estimate of drug-likeness (QED) is 0.507. The highest BCUT2D eigenvalue weighted by Crippen LogP contribution is 2.17. The van der Waals surface area contributed by atoms with Crippen LogP contribution in [-0.4, -0.2) is 24.4 Å². The van der Waals surface area contributed by atoms with Gasteiger partial charge in [-0.05, 0) is 25.0 Å². The number of benzene rings is 1. The lowest BCUT2D eigenvalue weighted by Crippen LogP contribution is -2.39. The molecule has 0 saturated carbocycles. The van der Waals surface area contributed by atoms with Gasteiger partial charge in [0.25, 0.3) is 5.56 Å². The Hall–Kier alpha value is -2.87. The van der Waals surface area contributed by atoms with Crippen molar-refractivity contribution in [1.82, 2.24) is 18.7 Å². The smallest absolute Gasteiger partial charge is 0.306 e. The van der Waals surface area contributed by atoms with Crippen molar-refractivity contribution in [3.05, 3.63) is 55.7 Å². The lowest BCUT2D eigenvalue weighted by atomic mass is 10.2. The van der Waals surface area contributed by atoms with Gasteiger partial charge in [-0.3, -0.25) is 13.9 Å². The van der Waals surface area contributed by atoms with Crippen LogP contribution in [0.25, 0.3) is 11.2 Å². The average Bonchev–Trinajstić information content (AvgIpc) is 3.00. The summed E-state index contributed by atoms with van der Waals surface area (Å²) < 4.78 is 4.14. The third-order valence-corrected chi connectivity index (χ3v) is 4.97. The van der Waals surface area contributed by atoms with Gasteiger partial charge in [-0.1, -0.05) is 43.1 Å². The molecule has 3 rings (SSSR count). The molecule has 2 aromatic heterocycles. The first-order chi connectivity index (χ1) is 13.3. The fraction of sp³-hybridized carbons (Fsp3) is 0.368. The van der Waals surface area contributed by atoms with E-state index in [-0.39, 0.29) is 6.54 Å². The number of hydrazone groups is 1. The molecule has 0 bridgehead atoms. The van der Waals surface area contributed by atoms with Gasteiger partial charge in [-0.25, -0.2) is 10.2 Å². The van der Waals surface area contributed by atoms with Gasteiger partial charge < -0.3 is 4.57 Å². The summed E-state index contributed by atoms with van der Waals surface area (Å²) in [6.45, 7) is 4.08. The second-order valence-electron chi connectivity index (χ2n) is 6.70. The minimum atomic E-state index is -0.451. The van der Waals surface area contributed by atoms with E-state index in [1.54, 1.807) is 36.9 Å². The Balaban J connectivity index is 2.12. The number of hydrogen-bond acceptors (Lipinski definition) is 5. The molecule has 2 heterocycles. The van der Waals surface area contributed by atoms with Crippen LogP contribution in [0, 0.1) is 0 Å². The van der Waals surface area contributed by atoms with Crippen LogP contribution in [-0.2, 0) is 20.6 Å². The largest absolute Gasteiger partial charge is 0.332 e. The maximum absolute atomic E-state index is 13.1. The number of nitrogens with one attached hydrogen (secondary N) is 1. The summed E-state index contributed by atoms with van der Waals surface area (Å²) in [5, 5.41) is 4.80. The Bertz CT molecular complexity index is 1170. The number of imidazole rings is 1. The average molecular weight is 403 g/mol. The van der Waals surface area contributed by atoms with E-state index in [0.717, 1.165) is 18.6 Å². The predicted octanol–water partition coefficient (Wildman–Crippen LogP) is 2.72. The molecule has 9 heteroatoms. The molecule has 0 aliphatic heterocycles. The first-order valence-corrected chi connectivity index (χ1v) is 9.41. The number of hydrogen-bond donors (Lipinski definition) is 1. The van der Waals surface area contributed by atoms with E-state index in [0.29, 0.717) is 27.7 Å². The number of halogens is 1. The van der Waals surface area contributed by atoms with Crippen LogP contribution in [0.1, 0.15) is 32.3 Å². The van der Waals surface area contributed by atoms with Crippen LogP contribution in [0.2, 0.25) is 5.02 Å². The molecule has 8 nitrogen and oxygen atoms in total. The van der Waals surface area contributed by atoms with E-state index in [1.807, 2.05) is 13.0 Å². The first kappa shape index (κ1) is 19.9. The zero-order chi connectivity index (χ0) is 20.4. The Morgan fingerprint density at radius 1 is 1.21 bits per heavy atom. The summed E-state index contributed by atoms with van der Waals surface area (Å²) >= 11 is 6.20. The van der Waals surface area contributed by atoms with Crippen LogP contribution in [0.3, 0.4) is 0 Å². The summed E-state index contributed by atoms with van der Waals surface area (Å²) in [4.78, 5) is 30.3. The van der Waals surface area contributed by atoms with Gasteiger partial charge in [-0.2, -0.15) is 10.1 Å². The van der Waals surface area contributed by atoms with Crippen molar-refractivity contribution in [1.29, 1.82) is 0 Å². The molecule has 1 N–H and O–H groups in total. The van der Waals surface area contributed by atoms with E-state index in [2.05, 4.69) is 22.4 Å². The molecule has 0 atom stereocenters. The van der Waals surface area contributed by atoms with Crippen molar-refractivity contribution in [3.8, 4) is 0 Å². The molecule has 0 unspecified atom stereocenters. The highest BCUT2D eigenvalue weighted by Gasteiger charge is 2.19. The third-order valence-electron chi connectivity index (χ3n) is 4.60. The third kappa shape index (κ3) is 3.60. The van der Waals surface area contributed by atoms with E-state index >= 15 is 0 Å². The summed E-state index contributed by atoms with van der Waals surface area (Å²) in [5.41, 5.74) is 4.27. The summed E-state index contributed by atoms with van der Waals surface area (Å²) in [5.74, 6) is 0.396. The number of aromatic nitrogens is 4. The number of fused-ring (bicyclic) bond motifs is 1. The molecule has 3 aromatic rings. The van der Waals surface area contributed by atoms with Crippen molar-refractivity contribution in [2.45, 2.75) is 33.2 Å².